The smallest absolute Gasteiger partial charge is 0.319 e. The minimum Gasteiger partial charge on any atom is -0.481 e. The summed E-state index contributed by atoms with van der Waals surface area (Å²) in [6.45, 7) is 2.33. The summed E-state index contributed by atoms with van der Waals surface area (Å²) in [6, 6.07) is 3.12. The number of hydrogen-bond donors (Lipinski definition) is 3. The number of amides is 2. The van der Waals surface area contributed by atoms with Gasteiger partial charge in [0.15, 0.2) is 5.65 Å². The van der Waals surface area contributed by atoms with Gasteiger partial charge in [0, 0.05) is 12.7 Å². The maximum Gasteiger partial charge on any atom is 0.319 e. The zero-order valence-corrected chi connectivity index (χ0v) is 12.3. The van der Waals surface area contributed by atoms with Gasteiger partial charge < -0.3 is 15.7 Å². The van der Waals surface area contributed by atoms with E-state index in [9.17, 15) is 9.59 Å². The number of halogens is 1. The molecule has 2 aromatic rings. The highest BCUT2D eigenvalue weighted by molar-refractivity contribution is 9.10. The van der Waals surface area contributed by atoms with E-state index in [0.29, 0.717) is 23.6 Å². The van der Waals surface area contributed by atoms with Crippen molar-refractivity contribution in [3.63, 3.8) is 0 Å². The molecule has 0 aliphatic carbocycles. The van der Waals surface area contributed by atoms with Crippen LogP contribution in [0.25, 0.3) is 5.65 Å². The van der Waals surface area contributed by atoms with Crippen LogP contribution in [0.2, 0.25) is 0 Å². The van der Waals surface area contributed by atoms with Crippen molar-refractivity contribution in [1.82, 2.24) is 14.7 Å². The fourth-order valence-electron chi connectivity index (χ4n) is 1.75. The summed E-state index contributed by atoms with van der Waals surface area (Å²) < 4.78 is 2.40. The number of carbonyl (C=O) groups is 2. The number of fused-ring (bicyclic) bond motifs is 1. The molecule has 8 heteroatoms. The molecule has 2 heterocycles. The van der Waals surface area contributed by atoms with Crippen LogP contribution in [0.1, 0.15) is 12.6 Å². The summed E-state index contributed by atoms with van der Waals surface area (Å²) in [4.78, 5) is 26.5. The second-order valence-corrected chi connectivity index (χ2v) is 4.86. The number of aromatic nitrogens is 2. The number of hydrogen-bond acceptors (Lipinski definition) is 3. The van der Waals surface area contributed by atoms with Crippen LogP contribution in [-0.2, 0) is 11.2 Å². The van der Waals surface area contributed by atoms with Gasteiger partial charge in [0.25, 0.3) is 0 Å². The number of aliphatic carboxylic acids is 1. The first-order valence-corrected chi connectivity index (χ1v) is 6.73. The Labute approximate surface area is 123 Å². The fraction of sp³-hybridized carbons (Fsp3) is 0.250. The number of carbonyl (C=O) groups excluding carboxylic acids is 1. The van der Waals surface area contributed by atoms with Crippen molar-refractivity contribution in [2.45, 2.75) is 13.3 Å². The largest absolute Gasteiger partial charge is 0.481 e. The number of carboxylic acid groups (broad SMARTS) is 1. The Morgan fingerprint density at radius 2 is 2.20 bits per heavy atom. The molecule has 0 radical (unpaired) electrons. The van der Waals surface area contributed by atoms with Gasteiger partial charge in [0.05, 0.1) is 22.4 Å². The molecule has 2 aromatic heterocycles. The normalized spacial score (nSPS) is 10.5. The molecule has 0 aliphatic heterocycles. The Morgan fingerprint density at radius 1 is 1.45 bits per heavy atom. The highest BCUT2D eigenvalue weighted by Crippen LogP contribution is 2.22. The predicted molar refractivity (Wildman–Crippen MR) is 76.9 cm³/mol. The molecule has 0 atom stereocenters. The van der Waals surface area contributed by atoms with E-state index < -0.39 is 5.97 Å². The second kappa shape index (κ2) is 5.91. The quantitative estimate of drug-likeness (QED) is 0.740. The number of anilines is 1. The lowest BCUT2D eigenvalue weighted by Crippen LogP contribution is -2.28. The van der Waals surface area contributed by atoms with Crippen LogP contribution in [0, 0.1) is 0 Å². The average molecular weight is 341 g/mol. The first-order valence-electron chi connectivity index (χ1n) is 5.94. The highest BCUT2D eigenvalue weighted by Gasteiger charge is 2.12. The lowest BCUT2D eigenvalue weighted by atomic mass is 10.3. The Hall–Kier alpha value is -2.09. The summed E-state index contributed by atoms with van der Waals surface area (Å²) >= 11 is 3.35. The Kier molecular flexibility index (Phi) is 4.23. The minimum atomic E-state index is -0.956. The van der Waals surface area contributed by atoms with Crippen LogP contribution in [0.4, 0.5) is 10.5 Å². The second-order valence-electron chi connectivity index (χ2n) is 4.05. The number of nitrogens with zero attached hydrogens (tertiary/aromatic N) is 2. The average Bonchev–Trinajstić information content (AvgIpc) is 2.77. The maximum atomic E-state index is 11.6. The van der Waals surface area contributed by atoms with E-state index in [1.54, 1.807) is 22.7 Å². The van der Waals surface area contributed by atoms with Crippen molar-refractivity contribution in [3.8, 4) is 0 Å². The van der Waals surface area contributed by atoms with Gasteiger partial charge in [-0.15, -0.1) is 0 Å². The maximum absolute atomic E-state index is 11.6. The molecular formula is C12H13BrN4O3. The van der Waals surface area contributed by atoms with E-state index in [2.05, 4.69) is 31.5 Å². The van der Waals surface area contributed by atoms with E-state index in [0.717, 1.165) is 4.60 Å². The summed E-state index contributed by atoms with van der Waals surface area (Å²) in [7, 11) is 0. The first-order chi connectivity index (χ1) is 9.51. The van der Waals surface area contributed by atoms with Crippen molar-refractivity contribution >= 4 is 39.3 Å². The van der Waals surface area contributed by atoms with Crippen LogP contribution in [0.3, 0.4) is 0 Å². The van der Waals surface area contributed by atoms with Crippen molar-refractivity contribution < 1.29 is 14.7 Å². The van der Waals surface area contributed by atoms with Gasteiger partial charge in [0.1, 0.15) is 0 Å². The molecule has 106 valence electrons. The molecule has 0 saturated carbocycles. The molecular weight excluding hydrogens is 328 g/mol. The van der Waals surface area contributed by atoms with E-state index in [-0.39, 0.29) is 12.5 Å². The highest BCUT2D eigenvalue weighted by atomic mass is 79.9. The first kappa shape index (κ1) is 14.3. The molecule has 0 unspecified atom stereocenters. The lowest BCUT2D eigenvalue weighted by molar-refractivity contribution is -0.136. The van der Waals surface area contributed by atoms with Crippen LogP contribution < -0.4 is 10.6 Å². The third-order valence-electron chi connectivity index (χ3n) is 2.53. The molecule has 3 N–H and O–H groups in total. The molecule has 0 saturated heterocycles. The minimum absolute atomic E-state index is 0.172. The van der Waals surface area contributed by atoms with Crippen molar-refractivity contribution in [1.29, 1.82) is 0 Å². The molecule has 2 amide bonds. The number of pyridine rings is 1. The van der Waals surface area contributed by atoms with Gasteiger partial charge in [-0.1, -0.05) is 0 Å². The summed E-state index contributed by atoms with van der Waals surface area (Å²) in [5, 5.41) is 14.1. The molecule has 20 heavy (non-hydrogen) atoms. The van der Waals surface area contributed by atoms with Gasteiger partial charge in [-0.2, -0.15) is 0 Å². The predicted octanol–water partition coefficient (Wildman–Crippen LogP) is 1.87. The van der Waals surface area contributed by atoms with Crippen LogP contribution >= 0.6 is 15.9 Å². The zero-order chi connectivity index (χ0) is 14.7. The van der Waals surface area contributed by atoms with Crippen LogP contribution in [0.15, 0.2) is 22.9 Å². The molecule has 0 aromatic carbocycles. The Morgan fingerprint density at radius 3 is 2.85 bits per heavy atom. The number of nitrogens with one attached hydrogen (secondary N) is 2. The summed E-state index contributed by atoms with van der Waals surface area (Å²) in [6.07, 6.45) is 1.45. The van der Waals surface area contributed by atoms with E-state index >= 15 is 0 Å². The van der Waals surface area contributed by atoms with Gasteiger partial charge >= 0.3 is 12.0 Å². The number of rotatable bonds is 4. The lowest BCUT2D eigenvalue weighted by Gasteiger charge is -2.07. The Balaban J connectivity index is 2.40. The summed E-state index contributed by atoms with van der Waals surface area (Å²) in [5.41, 5.74) is 1.42. The molecule has 0 spiro atoms. The molecule has 2 rings (SSSR count). The molecule has 0 bridgehead atoms. The van der Waals surface area contributed by atoms with Gasteiger partial charge in [-0.05, 0) is 35.0 Å². The SMILES string of the molecule is CCNC(=O)Nc1ccc(Br)n2cc(CC(=O)O)nc12. The van der Waals surface area contributed by atoms with Crippen LogP contribution in [0.5, 0.6) is 0 Å². The third kappa shape index (κ3) is 3.08. The monoisotopic (exact) mass is 340 g/mol. The van der Waals surface area contributed by atoms with Crippen LogP contribution in [-0.4, -0.2) is 33.0 Å². The number of carboxylic acids is 1. The van der Waals surface area contributed by atoms with E-state index in [1.165, 1.54) is 0 Å². The van der Waals surface area contributed by atoms with Gasteiger partial charge in [0.2, 0.25) is 0 Å². The topological polar surface area (TPSA) is 95.7 Å². The standard InChI is InChI=1S/C12H13BrN4O3/c1-2-14-12(20)16-8-3-4-9(13)17-6-7(5-10(18)19)15-11(8)17/h3-4,6H,2,5H2,1H3,(H,18,19)(H2,14,16,20). The number of imidazole rings is 1. The van der Waals surface area contributed by atoms with Crippen molar-refractivity contribution in [3.05, 3.63) is 28.6 Å². The Bertz CT molecular complexity index is 668. The number of urea groups is 1. The molecule has 7 nitrogen and oxygen atoms in total. The zero-order valence-electron chi connectivity index (χ0n) is 10.7. The van der Waals surface area contributed by atoms with Crippen molar-refractivity contribution in [2.24, 2.45) is 0 Å². The van der Waals surface area contributed by atoms with Gasteiger partial charge in [-0.25, -0.2) is 9.78 Å². The van der Waals surface area contributed by atoms with Gasteiger partial charge in [-0.3, -0.25) is 9.20 Å². The van der Waals surface area contributed by atoms with E-state index in [1.807, 2.05) is 6.92 Å². The summed E-state index contributed by atoms with van der Waals surface area (Å²) in [5.74, 6) is -0.956. The molecule has 0 fully saturated rings. The van der Waals surface area contributed by atoms with E-state index in [4.69, 9.17) is 5.11 Å². The molecule has 0 aliphatic rings. The fourth-order valence-corrected chi connectivity index (χ4v) is 2.16. The third-order valence-corrected chi connectivity index (χ3v) is 3.18. The van der Waals surface area contributed by atoms with Crippen molar-refractivity contribution in [2.75, 3.05) is 11.9 Å².